The molecule has 0 aliphatic rings. The summed E-state index contributed by atoms with van der Waals surface area (Å²) in [5.74, 6) is 0.0578. The summed E-state index contributed by atoms with van der Waals surface area (Å²) in [6, 6.07) is 8.67. The van der Waals surface area contributed by atoms with Gasteiger partial charge in [-0.05, 0) is 0 Å². The zero-order valence-corrected chi connectivity index (χ0v) is 21.4. The fourth-order valence-corrected chi connectivity index (χ4v) is 8.86. The summed E-state index contributed by atoms with van der Waals surface area (Å²) in [5, 5.41) is 9.91. The average molecular weight is 416 g/mol. The monoisotopic (exact) mass is 414 g/mol. The molecule has 1 aromatic carbocycles. The number of carboxylic acids is 1. The van der Waals surface area contributed by atoms with E-state index in [1.54, 1.807) is 20.8 Å². The van der Waals surface area contributed by atoms with Gasteiger partial charge in [-0.25, -0.2) is 0 Å². The molecule has 0 radical (unpaired) electrons. The van der Waals surface area contributed by atoms with Gasteiger partial charge in [-0.2, -0.15) is 0 Å². The summed E-state index contributed by atoms with van der Waals surface area (Å²) in [7, 11) is -1.78. The van der Waals surface area contributed by atoms with Crippen LogP contribution in [0.5, 0.6) is 5.75 Å². The van der Waals surface area contributed by atoms with Crippen molar-refractivity contribution >= 4 is 18.4 Å². The normalized spacial score (nSPS) is 12.2. The number of carboxylic acid groups (broad SMARTS) is 1. The molecule has 1 rings (SSSR count). The number of aliphatic carboxylic acids is 1. The third-order valence-electron chi connectivity index (χ3n) is 4.54. The number of hydrogen-bond acceptors (Lipinski definition) is 3. The van der Waals surface area contributed by atoms with Crippen LogP contribution in [-0.4, -0.2) is 14.3 Å². The van der Waals surface area contributed by atoms with Gasteiger partial charge in [0.05, 0.1) is 0 Å². The van der Waals surface area contributed by atoms with Gasteiger partial charge in [0.2, 0.25) is 0 Å². The molecule has 0 N–H and O–H groups in total. The molecular weight excluding hydrogens is 382 g/mol. The fourth-order valence-electron chi connectivity index (χ4n) is 3.12. The molecule has 0 amide bonds. The first-order valence-corrected chi connectivity index (χ1v) is 12.7. The predicted octanol–water partition coefficient (Wildman–Crippen LogP) is 4.20. The third kappa shape index (κ3) is 7.22. The maximum absolute atomic E-state index is 9.91. The van der Waals surface area contributed by atoms with Crippen LogP contribution in [0.3, 0.4) is 0 Å². The van der Waals surface area contributed by atoms with Crippen LogP contribution < -0.4 is 13.7 Å². The van der Waals surface area contributed by atoms with Crippen LogP contribution in [0.4, 0.5) is 0 Å². The van der Waals surface area contributed by atoms with Crippen LogP contribution in [0, 0.1) is 5.41 Å². The minimum atomic E-state index is -1.78. The second-order valence-electron chi connectivity index (χ2n) is 8.60. The molecule has 0 saturated carbocycles. The Hall–Kier alpha value is -0.670. The summed E-state index contributed by atoms with van der Waals surface area (Å²) in [4.78, 5) is 9.91. The van der Waals surface area contributed by atoms with E-state index >= 15 is 0 Å². The zero-order chi connectivity index (χ0) is 20.0. The fraction of sp³-hybridized carbons (Fsp3) is 0.650. The van der Waals surface area contributed by atoms with Crippen molar-refractivity contribution in [3.05, 3.63) is 24.3 Å². The molecule has 3 nitrogen and oxygen atoms in total. The molecule has 138 valence electrons. The second-order valence-corrected chi connectivity index (χ2v) is 15.7. The van der Waals surface area contributed by atoms with E-state index in [2.05, 4.69) is 65.8 Å². The van der Waals surface area contributed by atoms with Gasteiger partial charge in [-0.3, -0.25) is 0 Å². The molecule has 0 spiro atoms. The van der Waals surface area contributed by atoms with Crippen molar-refractivity contribution in [2.24, 2.45) is 5.41 Å². The molecular formula is C20H34O3SiZn. The average Bonchev–Trinajstić information content (AvgIpc) is 2.45. The summed E-state index contributed by atoms with van der Waals surface area (Å²) >= 11 is 1.21. The predicted molar refractivity (Wildman–Crippen MR) is 102 cm³/mol. The van der Waals surface area contributed by atoms with Crippen molar-refractivity contribution in [2.45, 2.75) is 78.9 Å². The SMILES string of the molecule is CC(C)(C)C(=O)[O-].CC(C)[Si](Oc1cc[c]([Zn+])cc1)(C(C)C)C(C)C. The molecule has 1 aromatic rings. The standard InChI is InChI=1S/C15H25OSi.C5H10O2.Zn/c1-12(2)17(13(3)4,14(5)6)16-15-10-8-7-9-11-15;1-5(2,3)4(6)7;/h8-14H,1-6H3;1-3H3,(H,6,7);/q;;+1/p-1. The first-order chi connectivity index (χ1) is 11.2. The van der Waals surface area contributed by atoms with Gasteiger partial charge in [0.1, 0.15) is 0 Å². The molecule has 0 aliphatic carbocycles. The zero-order valence-electron chi connectivity index (χ0n) is 17.5. The van der Waals surface area contributed by atoms with Gasteiger partial charge in [0, 0.05) is 11.4 Å². The summed E-state index contributed by atoms with van der Waals surface area (Å²) < 4.78 is 8.00. The van der Waals surface area contributed by atoms with Crippen LogP contribution >= 0.6 is 0 Å². The van der Waals surface area contributed by atoms with Crippen molar-refractivity contribution in [3.8, 4) is 5.75 Å². The van der Waals surface area contributed by atoms with Gasteiger partial charge >= 0.3 is 123 Å². The number of carbonyl (C=O) groups is 1. The van der Waals surface area contributed by atoms with Gasteiger partial charge in [-0.15, -0.1) is 0 Å². The molecule has 0 heterocycles. The molecule has 0 bridgehead atoms. The Morgan fingerprint density at radius 2 is 1.28 bits per heavy atom. The minimum absolute atomic E-state index is 0.632. The van der Waals surface area contributed by atoms with Crippen molar-refractivity contribution in [1.82, 2.24) is 0 Å². The molecule has 0 atom stereocenters. The summed E-state index contributed by atoms with van der Waals surface area (Å²) in [5.41, 5.74) is 1.20. The van der Waals surface area contributed by atoms with E-state index in [9.17, 15) is 9.90 Å². The van der Waals surface area contributed by atoms with E-state index in [0.717, 1.165) is 5.75 Å². The summed E-state index contributed by atoms with van der Waals surface area (Å²) in [6.45, 7) is 18.8. The number of rotatable bonds is 5. The molecule has 0 unspecified atom stereocenters. The number of carbonyl (C=O) groups excluding carboxylic acids is 1. The van der Waals surface area contributed by atoms with Crippen LogP contribution in [0.15, 0.2) is 24.3 Å². The van der Waals surface area contributed by atoms with Crippen LogP contribution in [0.25, 0.3) is 0 Å². The van der Waals surface area contributed by atoms with Crippen molar-refractivity contribution in [3.63, 3.8) is 0 Å². The van der Waals surface area contributed by atoms with E-state index < -0.39 is 19.7 Å². The van der Waals surface area contributed by atoms with E-state index in [1.807, 2.05) is 0 Å². The Bertz CT molecular complexity index is 509. The molecule has 5 heteroatoms. The Balaban J connectivity index is 0.000000697. The van der Waals surface area contributed by atoms with E-state index in [1.165, 1.54) is 22.5 Å². The van der Waals surface area contributed by atoms with Crippen LogP contribution in [0.2, 0.25) is 16.6 Å². The van der Waals surface area contributed by atoms with Gasteiger partial charge < -0.3 is 9.90 Å². The Morgan fingerprint density at radius 1 is 0.960 bits per heavy atom. The van der Waals surface area contributed by atoms with Gasteiger partial charge in [0.15, 0.2) is 0 Å². The quantitative estimate of drug-likeness (QED) is 0.677. The number of hydrogen-bond donors (Lipinski definition) is 0. The Morgan fingerprint density at radius 3 is 1.52 bits per heavy atom. The van der Waals surface area contributed by atoms with E-state index in [0.29, 0.717) is 16.6 Å². The topological polar surface area (TPSA) is 49.4 Å². The van der Waals surface area contributed by atoms with Gasteiger partial charge in [-0.1, -0.05) is 20.8 Å². The second kappa shape index (κ2) is 9.87. The Kier molecular flexibility index (Phi) is 9.61. The van der Waals surface area contributed by atoms with Gasteiger partial charge in [0.25, 0.3) is 0 Å². The maximum atomic E-state index is 9.91. The summed E-state index contributed by atoms with van der Waals surface area (Å²) in [6.07, 6.45) is 0. The Labute approximate surface area is 165 Å². The third-order valence-corrected chi connectivity index (χ3v) is 11.5. The van der Waals surface area contributed by atoms with Crippen LogP contribution in [0.1, 0.15) is 62.3 Å². The van der Waals surface area contributed by atoms with E-state index in [-0.39, 0.29) is 0 Å². The number of benzene rings is 1. The van der Waals surface area contributed by atoms with E-state index in [4.69, 9.17) is 4.43 Å². The molecule has 0 saturated heterocycles. The van der Waals surface area contributed by atoms with Crippen molar-refractivity contribution < 1.29 is 32.6 Å². The molecule has 25 heavy (non-hydrogen) atoms. The first kappa shape index (κ1) is 24.3. The first-order valence-electron chi connectivity index (χ1n) is 9.07. The van der Waals surface area contributed by atoms with Crippen molar-refractivity contribution in [1.29, 1.82) is 0 Å². The van der Waals surface area contributed by atoms with Crippen molar-refractivity contribution in [2.75, 3.05) is 0 Å². The molecule has 0 fully saturated rings. The molecule has 0 aromatic heterocycles. The molecule has 0 aliphatic heterocycles. The van der Waals surface area contributed by atoms with Crippen LogP contribution in [-0.2, 0) is 23.1 Å².